The fourth-order valence-electron chi connectivity index (χ4n) is 2.97. The first-order chi connectivity index (χ1) is 12.4. The predicted octanol–water partition coefficient (Wildman–Crippen LogP) is 4.24. The van der Waals surface area contributed by atoms with Crippen molar-refractivity contribution in [2.45, 2.75) is 25.8 Å². The van der Waals surface area contributed by atoms with Crippen molar-refractivity contribution in [3.63, 3.8) is 0 Å². The third kappa shape index (κ3) is 3.70. The van der Waals surface area contributed by atoms with E-state index in [1.807, 2.05) is 0 Å². The Labute approximate surface area is 154 Å². The number of anilines is 1. The highest BCUT2D eigenvalue weighted by atomic mass is 35.5. The number of hydrogen-bond donors (Lipinski definition) is 1. The lowest BCUT2D eigenvalue weighted by molar-refractivity contribution is -0.117. The Hall–Kier alpha value is -2.47. The molecule has 3 rings (SSSR count). The fourth-order valence-corrected chi connectivity index (χ4v) is 3.19. The first-order valence-electron chi connectivity index (χ1n) is 8.22. The van der Waals surface area contributed by atoms with Gasteiger partial charge in [0.25, 0.3) is 5.91 Å². The number of carbonyl (C=O) groups excluding carboxylic acids is 2. The van der Waals surface area contributed by atoms with Gasteiger partial charge in [0.05, 0.1) is 16.8 Å². The van der Waals surface area contributed by atoms with Gasteiger partial charge in [-0.25, -0.2) is 8.78 Å². The molecule has 0 saturated carbocycles. The first kappa shape index (κ1) is 18.3. The highest BCUT2D eigenvalue weighted by Crippen LogP contribution is 2.30. The molecule has 136 valence electrons. The summed E-state index contributed by atoms with van der Waals surface area (Å²) in [7, 11) is 0. The molecule has 4 nitrogen and oxygen atoms in total. The molecule has 0 radical (unpaired) electrons. The largest absolute Gasteiger partial charge is 0.345 e. The maximum atomic E-state index is 13.9. The zero-order valence-corrected chi connectivity index (χ0v) is 14.8. The monoisotopic (exact) mass is 378 g/mol. The minimum absolute atomic E-state index is 0.0359. The van der Waals surface area contributed by atoms with Crippen LogP contribution in [0, 0.1) is 11.6 Å². The van der Waals surface area contributed by atoms with Crippen molar-refractivity contribution in [3.05, 3.63) is 64.2 Å². The number of benzene rings is 2. The minimum atomic E-state index is -0.725. The van der Waals surface area contributed by atoms with Crippen molar-refractivity contribution in [1.82, 2.24) is 5.32 Å². The van der Waals surface area contributed by atoms with Crippen molar-refractivity contribution in [2.24, 2.45) is 0 Å². The maximum Gasteiger partial charge on any atom is 0.251 e. The topological polar surface area (TPSA) is 49.4 Å². The van der Waals surface area contributed by atoms with Gasteiger partial charge >= 0.3 is 0 Å². The number of nitrogens with one attached hydrogen (secondary N) is 1. The second-order valence-electron chi connectivity index (χ2n) is 6.18. The van der Waals surface area contributed by atoms with Crippen LogP contribution >= 0.6 is 11.6 Å². The van der Waals surface area contributed by atoms with Gasteiger partial charge in [0.1, 0.15) is 11.6 Å². The summed E-state index contributed by atoms with van der Waals surface area (Å²) in [5.41, 5.74) is 0.976. The summed E-state index contributed by atoms with van der Waals surface area (Å²) < 4.78 is 26.9. The number of halogens is 3. The summed E-state index contributed by atoms with van der Waals surface area (Å²) in [4.78, 5) is 26.0. The molecule has 2 aromatic rings. The number of hydrogen-bond acceptors (Lipinski definition) is 2. The van der Waals surface area contributed by atoms with Gasteiger partial charge < -0.3 is 10.2 Å². The summed E-state index contributed by atoms with van der Waals surface area (Å²) in [6.07, 6.45) is 1.19. The van der Waals surface area contributed by atoms with Gasteiger partial charge in [-0.1, -0.05) is 17.7 Å². The van der Waals surface area contributed by atoms with E-state index in [2.05, 4.69) is 5.32 Å². The Balaban J connectivity index is 1.80. The van der Waals surface area contributed by atoms with Gasteiger partial charge in [0.15, 0.2) is 0 Å². The molecule has 1 aliphatic heterocycles. The fraction of sp³-hybridized carbons (Fsp3) is 0.263. The van der Waals surface area contributed by atoms with Gasteiger partial charge in [-0.3, -0.25) is 9.59 Å². The molecular weight excluding hydrogens is 362 g/mol. The molecule has 0 unspecified atom stereocenters. The van der Waals surface area contributed by atoms with Crippen LogP contribution in [-0.2, 0) is 4.79 Å². The van der Waals surface area contributed by atoms with Crippen molar-refractivity contribution in [2.75, 3.05) is 11.4 Å². The third-order valence-corrected chi connectivity index (χ3v) is 4.67. The van der Waals surface area contributed by atoms with Crippen LogP contribution in [0.3, 0.4) is 0 Å². The van der Waals surface area contributed by atoms with Gasteiger partial charge in [-0.15, -0.1) is 0 Å². The van der Waals surface area contributed by atoms with E-state index < -0.39 is 23.6 Å². The van der Waals surface area contributed by atoms with Crippen LogP contribution in [0.5, 0.6) is 0 Å². The second kappa shape index (κ2) is 7.41. The van der Waals surface area contributed by atoms with Crippen molar-refractivity contribution in [1.29, 1.82) is 0 Å². The molecule has 1 fully saturated rings. The molecule has 1 atom stereocenters. The highest BCUT2D eigenvalue weighted by molar-refractivity contribution is 6.34. The molecule has 0 spiro atoms. The van der Waals surface area contributed by atoms with Gasteiger partial charge in [0, 0.05) is 30.2 Å². The highest BCUT2D eigenvalue weighted by Gasteiger charge is 2.25. The van der Waals surface area contributed by atoms with E-state index >= 15 is 0 Å². The number of nitrogens with zero attached hydrogens (tertiary/aromatic N) is 1. The lowest BCUT2D eigenvalue weighted by Gasteiger charge is -2.19. The summed E-state index contributed by atoms with van der Waals surface area (Å²) in [5.74, 6) is -1.88. The SMILES string of the molecule is C[C@H](NC(=O)c1ccc(Cl)c(N2CCCC2=O)c1)c1ccc(F)cc1F. The summed E-state index contributed by atoms with van der Waals surface area (Å²) >= 11 is 6.17. The Bertz CT molecular complexity index is 873. The van der Waals surface area contributed by atoms with E-state index in [0.29, 0.717) is 29.2 Å². The zero-order valence-electron chi connectivity index (χ0n) is 14.1. The molecule has 1 N–H and O–H groups in total. The molecule has 0 aromatic heterocycles. The number of rotatable bonds is 4. The predicted molar refractivity (Wildman–Crippen MR) is 95.3 cm³/mol. The van der Waals surface area contributed by atoms with Crippen LogP contribution in [0.25, 0.3) is 0 Å². The molecule has 0 bridgehead atoms. The third-order valence-electron chi connectivity index (χ3n) is 4.35. The van der Waals surface area contributed by atoms with Crippen LogP contribution in [0.4, 0.5) is 14.5 Å². The molecule has 7 heteroatoms. The Morgan fingerprint density at radius 3 is 2.65 bits per heavy atom. The molecule has 1 aliphatic rings. The Morgan fingerprint density at radius 1 is 1.23 bits per heavy atom. The molecule has 26 heavy (non-hydrogen) atoms. The van der Waals surface area contributed by atoms with E-state index in [1.54, 1.807) is 24.0 Å². The minimum Gasteiger partial charge on any atom is -0.345 e. The van der Waals surface area contributed by atoms with Crippen molar-refractivity contribution < 1.29 is 18.4 Å². The van der Waals surface area contributed by atoms with E-state index in [-0.39, 0.29) is 11.5 Å². The van der Waals surface area contributed by atoms with E-state index in [4.69, 9.17) is 11.6 Å². The molecule has 0 aliphatic carbocycles. The lowest BCUT2D eigenvalue weighted by Crippen LogP contribution is -2.28. The van der Waals surface area contributed by atoms with E-state index in [0.717, 1.165) is 18.6 Å². The first-order valence-corrected chi connectivity index (χ1v) is 8.60. The van der Waals surface area contributed by atoms with Crippen LogP contribution in [-0.4, -0.2) is 18.4 Å². The van der Waals surface area contributed by atoms with Gasteiger partial charge in [0.2, 0.25) is 5.91 Å². The van der Waals surface area contributed by atoms with Crippen molar-refractivity contribution in [3.8, 4) is 0 Å². The average Bonchev–Trinajstić information content (AvgIpc) is 3.00. The second-order valence-corrected chi connectivity index (χ2v) is 6.58. The Kier molecular flexibility index (Phi) is 5.23. The van der Waals surface area contributed by atoms with Crippen LogP contribution in [0.1, 0.15) is 41.7 Å². The molecule has 1 saturated heterocycles. The lowest BCUT2D eigenvalue weighted by atomic mass is 10.1. The number of amides is 2. The smallest absolute Gasteiger partial charge is 0.251 e. The normalized spacial score (nSPS) is 15.2. The van der Waals surface area contributed by atoms with E-state index in [1.165, 1.54) is 12.1 Å². The molecule has 1 heterocycles. The summed E-state index contributed by atoms with van der Waals surface area (Å²) in [6, 6.07) is 7.20. The van der Waals surface area contributed by atoms with Gasteiger partial charge in [-0.05, 0) is 37.6 Å². The van der Waals surface area contributed by atoms with Crippen LogP contribution < -0.4 is 10.2 Å². The quantitative estimate of drug-likeness (QED) is 0.865. The van der Waals surface area contributed by atoms with Crippen molar-refractivity contribution >= 4 is 29.1 Å². The number of carbonyl (C=O) groups is 2. The van der Waals surface area contributed by atoms with E-state index in [9.17, 15) is 18.4 Å². The molecular formula is C19H17ClF2N2O2. The Morgan fingerprint density at radius 2 is 2.00 bits per heavy atom. The summed E-state index contributed by atoms with van der Waals surface area (Å²) in [5, 5.41) is 3.06. The van der Waals surface area contributed by atoms with Crippen LogP contribution in [0.15, 0.2) is 36.4 Å². The summed E-state index contributed by atoms with van der Waals surface area (Å²) in [6.45, 7) is 2.16. The average molecular weight is 379 g/mol. The molecule has 2 aromatic carbocycles. The molecule has 2 amide bonds. The van der Waals surface area contributed by atoms with Crippen LogP contribution in [0.2, 0.25) is 5.02 Å². The van der Waals surface area contributed by atoms with Gasteiger partial charge in [-0.2, -0.15) is 0 Å². The maximum absolute atomic E-state index is 13.9. The standard InChI is InChI=1S/C19H17ClF2N2O2/c1-11(14-6-5-13(21)10-16(14)22)23-19(26)12-4-7-15(20)17(9-12)24-8-2-3-18(24)25/h4-7,9-11H,2-3,8H2,1H3,(H,23,26)/t11-/m0/s1. The zero-order chi connectivity index (χ0) is 18.8.